The van der Waals surface area contributed by atoms with Gasteiger partial charge in [-0.15, -0.1) is 0 Å². The first kappa shape index (κ1) is 24.6. The SMILES string of the molecule is Cn1c2c(c3cc(F)c(-n4ccc(OCc5ccccc5)cc4=O)cc31)CN(C(=O)OC(C)(C)C)CC2. The Morgan fingerprint density at radius 3 is 2.54 bits per heavy atom. The van der Waals surface area contributed by atoms with Crippen molar-refractivity contribution in [3.63, 3.8) is 0 Å². The number of carbonyl (C=O) groups is 1. The molecule has 0 radical (unpaired) electrons. The van der Waals surface area contributed by atoms with E-state index < -0.39 is 11.4 Å². The molecule has 0 atom stereocenters. The monoisotopic (exact) mass is 503 g/mol. The van der Waals surface area contributed by atoms with E-state index in [1.165, 1.54) is 22.9 Å². The number of ether oxygens (including phenoxy) is 2. The quantitative estimate of drug-likeness (QED) is 0.377. The molecule has 8 heteroatoms. The molecule has 0 aliphatic carbocycles. The van der Waals surface area contributed by atoms with Crippen LogP contribution in [-0.4, -0.2) is 32.3 Å². The average Bonchev–Trinajstić information content (AvgIpc) is 3.12. The molecule has 3 heterocycles. The van der Waals surface area contributed by atoms with Gasteiger partial charge in [-0.2, -0.15) is 0 Å². The zero-order valence-corrected chi connectivity index (χ0v) is 21.5. The molecule has 4 aromatic rings. The van der Waals surface area contributed by atoms with Crippen molar-refractivity contribution in [3.05, 3.63) is 93.8 Å². The minimum atomic E-state index is -0.591. The number of aryl methyl sites for hydroxylation is 1. The van der Waals surface area contributed by atoms with E-state index in [1.54, 1.807) is 17.0 Å². The van der Waals surface area contributed by atoms with E-state index in [0.29, 0.717) is 31.9 Å². The molecule has 7 nitrogen and oxygen atoms in total. The van der Waals surface area contributed by atoms with Crippen LogP contribution >= 0.6 is 0 Å². The molecule has 0 saturated heterocycles. The van der Waals surface area contributed by atoms with Crippen LogP contribution in [0.15, 0.2) is 65.6 Å². The molecule has 37 heavy (non-hydrogen) atoms. The van der Waals surface area contributed by atoms with E-state index in [2.05, 4.69) is 0 Å². The minimum Gasteiger partial charge on any atom is -0.489 e. The lowest BCUT2D eigenvalue weighted by molar-refractivity contribution is 0.0223. The molecular weight excluding hydrogens is 473 g/mol. The summed E-state index contributed by atoms with van der Waals surface area (Å²) in [5, 5.41) is 0.725. The average molecular weight is 504 g/mol. The Labute approximate surface area is 214 Å². The van der Waals surface area contributed by atoms with E-state index in [-0.39, 0.29) is 17.3 Å². The maximum Gasteiger partial charge on any atom is 0.410 e. The van der Waals surface area contributed by atoms with Gasteiger partial charge in [-0.1, -0.05) is 30.3 Å². The molecule has 1 aliphatic heterocycles. The van der Waals surface area contributed by atoms with Crippen LogP contribution in [-0.2, 0) is 31.4 Å². The lowest BCUT2D eigenvalue weighted by atomic mass is 10.0. The van der Waals surface area contributed by atoms with Gasteiger partial charge in [0.15, 0.2) is 0 Å². The Kier molecular flexibility index (Phi) is 6.27. The van der Waals surface area contributed by atoms with Crippen molar-refractivity contribution in [3.8, 4) is 11.4 Å². The molecule has 0 unspecified atom stereocenters. The van der Waals surface area contributed by atoms with Gasteiger partial charge in [0, 0.05) is 48.9 Å². The highest BCUT2D eigenvalue weighted by Crippen LogP contribution is 2.33. The summed E-state index contributed by atoms with van der Waals surface area (Å²) < 4.78 is 30.0. The number of halogens is 1. The van der Waals surface area contributed by atoms with Crippen molar-refractivity contribution in [1.82, 2.24) is 14.0 Å². The number of nitrogens with zero attached hydrogens (tertiary/aromatic N) is 3. The largest absolute Gasteiger partial charge is 0.489 e. The van der Waals surface area contributed by atoms with Gasteiger partial charge in [0.2, 0.25) is 0 Å². The summed E-state index contributed by atoms with van der Waals surface area (Å²) in [6.45, 7) is 6.69. The van der Waals surface area contributed by atoms with Gasteiger partial charge in [0.05, 0.1) is 17.7 Å². The van der Waals surface area contributed by atoms with E-state index in [9.17, 15) is 9.59 Å². The number of rotatable bonds is 4. The minimum absolute atomic E-state index is 0.161. The third-order valence-corrected chi connectivity index (χ3v) is 6.52. The zero-order chi connectivity index (χ0) is 26.3. The second-order valence-corrected chi connectivity index (χ2v) is 10.3. The third kappa shape index (κ3) is 4.96. The number of hydrogen-bond donors (Lipinski definition) is 0. The first-order valence-electron chi connectivity index (χ1n) is 12.3. The summed E-state index contributed by atoms with van der Waals surface area (Å²) in [5.41, 5.74) is 2.91. The fourth-order valence-corrected chi connectivity index (χ4v) is 4.74. The molecule has 0 saturated carbocycles. The van der Waals surface area contributed by atoms with Crippen LogP contribution < -0.4 is 10.3 Å². The molecule has 0 spiro atoms. The molecule has 5 rings (SSSR count). The molecular formula is C29H30FN3O4. The van der Waals surface area contributed by atoms with E-state index in [0.717, 1.165) is 27.7 Å². The highest BCUT2D eigenvalue weighted by molar-refractivity contribution is 5.88. The third-order valence-electron chi connectivity index (χ3n) is 6.52. The molecule has 1 aliphatic rings. The lowest BCUT2D eigenvalue weighted by Gasteiger charge is -2.30. The van der Waals surface area contributed by atoms with Crippen molar-refractivity contribution < 1.29 is 18.7 Å². The lowest BCUT2D eigenvalue weighted by Crippen LogP contribution is -2.40. The molecule has 1 amide bonds. The first-order chi connectivity index (χ1) is 17.6. The Hall–Kier alpha value is -4.07. The van der Waals surface area contributed by atoms with E-state index in [4.69, 9.17) is 9.47 Å². The normalized spacial score (nSPS) is 13.5. The van der Waals surface area contributed by atoms with E-state index >= 15 is 4.39 Å². The van der Waals surface area contributed by atoms with Crippen molar-refractivity contribution in [2.24, 2.45) is 7.05 Å². The second kappa shape index (κ2) is 9.42. The van der Waals surface area contributed by atoms with Crippen LogP contribution in [0.4, 0.5) is 9.18 Å². The number of benzene rings is 2. The van der Waals surface area contributed by atoms with Crippen molar-refractivity contribution in [2.75, 3.05) is 6.54 Å². The zero-order valence-electron chi connectivity index (χ0n) is 21.5. The van der Waals surface area contributed by atoms with Gasteiger partial charge in [-0.05, 0) is 44.5 Å². The number of pyridine rings is 1. The summed E-state index contributed by atoms with van der Waals surface area (Å²) in [6.07, 6.45) is 1.78. The Balaban J connectivity index is 1.44. The van der Waals surface area contributed by atoms with Crippen LogP contribution in [0.5, 0.6) is 5.75 Å². The fraction of sp³-hybridized carbons (Fsp3) is 0.310. The Morgan fingerprint density at radius 2 is 1.84 bits per heavy atom. The van der Waals surface area contributed by atoms with Crippen LogP contribution in [0.25, 0.3) is 16.6 Å². The van der Waals surface area contributed by atoms with E-state index in [1.807, 2.05) is 62.7 Å². The van der Waals surface area contributed by atoms with Gasteiger partial charge in [-0.25, -0.2) is 9.18 Å². The second-order valence-electron chi connectivity index (χ2n) is 10.3. The summed E-state index contributed by atoms with van der Waals surface area (Å²) >= 11 is 0. The maximum absolute atomic E-state index is 15.4. The standard InChI is InChI=1S/C29H30FN3O4/c1-29(2,3)37-28(35)32-12-11-24-22(17-32)21-15-23(30)26(16-25(21)31(24)4)33-13-10-20(14-27(33)34)36-18-19-8-6-5-7-9-19/h5-10,13-16H,11-12,17-18H2,1-4H3. The summed E-state index contributed by atoms with van der Waals surface area (Å²) in [6, 6.07) is 15.8. The Morgan fingerprint density at radius 1 is 1.08 bits per heavy atom. The number of carbonyl (C=O) groups excluding carboxylic acids is 1. The van der Waals surface area contributed by atoms with Crippen LogP contribution in [0, 0.1) is 5.82 Å². The molecule has 0 bridgehead atoms. The molecule has 192 valence electrons. The fourth-order valence-electron chi connectivity index (χ4n) is 4.74. The highest BCUT2D eigenvalue weighted by Gasteiger charge is 2.29. The molecule has 2 aromatic carbocycles. The van der Waals surface area contributed by atoms with Gasteiger partial charge >= 0.3 is 6.09 Å². The predicted octanol–water partition coefficient (Wildman–Crippen LogP) is 5.34. The topological polar surface area (TPSA) is 65.7 Å². The summed E-state index contributed by atoms with van der Waals surface area (Å²) in [4.78, 5) is 27.2. The van der Waals surface area contributed by atoms with Crippen molar-refractivity contribution >= 4 is 17.0 Å². The van der Waals surface area contributed by atoms with Crippen LogP contribution in [0.3, 0.4) is 0 Å². The number of hydrogen-bond acceptors (Lipinski definition) is 4. The van der Waals surface area contributed by atoms with Gasteiger partial charge < -0.3 is 18.9 Å². The number of aromatic nitrogens is 2. The van der Waals surface area contributed by atoms with Crippen molar-refractivity contribution in [1.29, 1.82) is 0 Å². The first-order valence-corrected chi connectivity index (χ1v) is 12.3. The van der Waals surface area contributed by atoms with Gasteiger partial charge in [-0.3, -0.25) is 9.36 Å². The maximum atomic E-state index is 15.4. The van der Waals surface area contributed by atoms with Crippen LogP contribution in [0.1, 0.15) is 37.6 Å². The van der Waals surface area contributed by atoms with Crippen molar-refractivity contribution in [2.45, 2.75) is 45.9 Å². The summed E-state index contributed by atoms with van der Waals surface area (Å²) in [7, 11) is 1.93. The molecule has 0 fully saturated rings. The smallest absolute Gasteiger partial charge is 0.410 e. The summed E-state index contributed by atoms with van der Waals surface area (Å²) in [5.74, 6) is -0.0986. The van der Waals surface area contributed by atoms with Crippen LogP contribution in [0.2, 0.25) is 0 Å². The predicted molar refractivity (Wildman–Crippen MR) is 140 cm³/mol. The molecule has 2 aromatic heterocycles. The number of amides is 1. The Bertz CT molecular complexity index is 1530. The highest BCUT2D eigenvalue weighted by atomic mass is 19.1. The molecule has 0 N–H and O–H groups in total. The number of fused-ring (bicyclic) bond motifs is 3. The van der Waals surface area contributed by atoms with Gasteiger partial charge in [0.25, 0.3) is 5.56 Å². The van der Waals surface area contributed by atoms with Gasteiger partial charge in [0.1, 0.15) is 23.8 Å².